The molecule has 0 saturated heterocycles. The zero-order valence-electron chi connectivity index (χ0n) is 20.0. The summed E-state index contributed by atoms with van der Waals surface area (Å²) in [6.45, 7) is 0. The molecule has 0 radical (unpaired) electrons. The second-order valence-electron chi connectivity index (χ2n) is 8.20. The molecule has 0 bridgehead atoms. The molecular formula is C26H18F3IN6O2S. The maximum Gasteiger partial charge on any atom is 0.573 e. The van der Waals surface area contributed by atoms with Crippen molar-refractivity contribution in [1.29, 1.82) is 0 Å². The number of fused-ring (bicyclic) bond motifs is 3. The molecule has 3 aromatic carbocycles. The van der Waals surface area contributed by atoms with Crippen molar-refractivity contribution >= 4 is 74.5 Å². The van der Waals surface area contributed by atoms with Gasteiger partial charge in [-0.3, -0.25) is 14.7 Å². The van der Waals surface area contributed by atoms with Crippen LogP contribution in [-0.4, -0.2) is 33.4 Å². The highest BCUT2D eigenvalue weighted by Crippen LogP contribution is 2.34. The number of nitrogens with zero attached hydrogens (tertiary/aromatic N) is 4. The molecular weight excluding hydrogens is 644 g/mol. The number of rotatable bonds is 6. The fourth-order valence-corrected chi connectivity index (χ4v) is 4.85. The van der Waals surface area contributed by atoms with Crippen LogP contribution < -0.4 is 14.8 Å². The van der Waals surface area contributed by atoms with E-state index in [9.17, 15) is 18.0 Å². The number of urea groups is 1. The number of nitrogens with one attached hydrogen (secondary N) is 2. The van der Waals surface area contributed by atoms with E-state index in [0.29, 0.717) is 11.4 Å². The van der Waals surface area contributed by atoms with E-state index >= 15 is 0 Å². The van der Waals surface area contributed by atoms with Crippen molar-refractivity contribution in [3.05, 3.63) is 82.1 Å². The number of hydrogen-bond donors (Lipinski definition) is 2. The molecule has 0 unspecified atom stereocenters. The number of halogens is 4. The minimum absolute atomic E-state index is 0.283. The summed E-state index contributed by atoms with van der Waals surface area (Å²) in [6.07, 6.45) is -1.52. The molecule has 13 heteroatoms. The molecule has 2 N–H and O–H groups in total. The van der Waals surface area contributed by atoms with Gasteiger partial charge in [-0.15, -0.1) is 13.2 Å². The van der Waals surface area contributed by atoms with Crippen LogP contribution in [0.5, 0.6) is 5.75 Å². The van der Waals surface area contributed by atoms with Gasteiger partial charge in [0.1, 0.15) is 17.1 Å². The van der Waals surface area contributed by atoms with E-state index in [0.717, 1.165) is 48.6 Å². The van der Waals surface area contributed by atoms with Gasteiger partial charge in [-0.1, -0.05) is 18.2 Å². The van der Waals surface area contributed by atoms with Gasteiger partial charge in [-0.25, -0.2) is 14.2 Å². The van der Waals surface area contributed by atoms with Crippen LogP contribution in [0.1, 0.15) is 5.56 Å². The standard InChI is InChI=1S/C26H18F3IN6O2S/c1-36-23(16-5-8-18(9-6-16)38-26(27,28)29)20-11-7-17-13-15(4-10-19(17)22(20)34-36)14-32-39-35-25(37)33-24-21(30)3-2-12-31-24/h2-14H,1H3,(H2,31,33,35,37). The number of anilines is 1. The highest BCUT2D eigenvalue weighted by molar-refractivity contribution is 14.1. The van der Waals surface area contributed by atoms with Crippen molar-refractivity contribution < 1.29 is 22.7 Å². The van der Waals surface area contributed by atoms with Crippen LogP contribution in [0.3, 0.4) is 0 Å². The normalized spacial score (nSPS) is 11.8. The van der Waals surface area contributed by atoms with E-state index in [1.165, 1.54) is 12.1 Å². The lowest BCUT2D eigenvalue weighted by Crippen LogP contribution is -2.23. The summed E-state index contributed by atoms with van der Waals surface area (Å²) in [7, 11) is 1.79. The molecule has 0 spiro atoms. The number of hydrogen-bond acceptors (Lipinski definition) is 6. The predicted octanol–water partition coefficient (Wildman–Crippen LogP) is 7.10. The van der Waals surface area contributed by atoms with Gasteiger partial charge in [0.25, 0.3) is 0 Å². The van der Waals surface area contributed by atoms with E-state index in [-0.39, 0.29) is 5.75 Å². The number of aryl methyl sites for hydroxylation is 1. The molecule has 8 nitrogen and oxygen atoms in total. The lowest BCUT2D eigenvalue weighted by atomic mass is 10.0. The van der Waals surface area contributed by atoms with E-state index < -0.39 is 12.4 Å². The van der Waals surface area contributed by atoms with Gasteiger partial charge in [0, 0.05) is 35.8 Å². The largest absolute Gasteiger partial charge is 0.573 e. The maximum atomic E-state index is 12.5. The minimum Gasteiger partial charge on any atom is -0.406 e. The topological polar surface area (TPSA) is 93.4 Å². The van der Waals surface area contributed by atoms with Crippen molar-refractivity contribution in [2.75, 3.05) is 5.32 Å². The van der Waals surface area contributed by atoms with Crippen molar-refractivity contribution in [2.24, 2.45) is 11.4 Å². The molecule has 2 heterocycles. The number of carbonyl (C=O) groups is 1. The average Bonchev–Trinajstić information content (AvgIpc) is 3.23. The molecule has 2 amide bonds. The van der Waals surface area contributed by atoms with E-state index in [1.54, 1.807) is 42.3 Å². The Bertz CT molecular complexity index is 1710. The fraction of sp³-hybridized carbons (Fsp3) is 0.0769. The molecule has 0 atom stereocenters. The predicted molar refractivity (Wildman–Crippen MR) is 155 cm³/mol. The number of aromatic nitrogens is 3. The van der Waals surface area contributed by atoms with E-state index in [1.807, 2.05) is 36.4 Å². The molecule has 0 saturated carbocycles. The number of amides is 2. The quantitative estimate of drug-likeness (QED) is 0.115. The molecule has 5 rings (SSSR count). The first-order valence-electron chi connectivity index (χ1n) is 11.3. The highest BCUT2D eigenvalue weighted by atomic mass is 127. The molecule has 2 aromatic heterocycles. The maximum absolute atomic E-state index is 12.5. The summed E-state index contributed by atoms with van der Waals surface area (Å²) in [5.74, 6) is 0.181. The molecule has 0 fully saturated rings. The van der Waals surface area contributed by atoms with Gasteiger partial charge in [-0.2, -0.15) is 5.10 Å². The lowest BCUT2D eigenvalue weighted by Gasteiger charge is -2.09. The zero-order chi connectivity index (χ0) is 27.6. The van der Waals surface area contributed by atoms with Crippen molar-refractivity contribution in [3.63, 3.8) is 0 Å². The summed E-state index contributed by atoms with van der Waals surface area (Å²) in [5, 5.41) is 10.0. The molecule has 39 heavy (non-hydrogen) atoms. The molecule has 5 aromatic rings. The van der Waals surface area contributed by atoms with Crippen molar-refractivity contribution in [3.8, 4) is 17.0 Å². The van der Waals surface area contributed by atoms with Crippen LogP contribution in [0.25, 0.3) is 32.9 Å². The second kappa shape index (κ2) is 11.1. The average molecular weight is 662 g/mol. The minimum atomic E-state index is -4.74. The van der Waals surface area contributed by atoms with Crippen molar-refractivity contribution in [1.82, 2.24) is 19.5 Å². The molecule has 0 aliphatic carbocycles. The van der Waals surface area contributed by atoms with Crippen molar-refractivity contribution in [2.45, 2.75) is 6.36 Å². The summed E-state index contributed by atoms with van der Waals surface area (Å²) in [4.78, 5) is 16.2. The summed E-state index contributed by atoms with van der Waals surface area (Å²) in [5.41, 5.74) is 3.08. The number of pyridine rings is 1. The van der Waals surface area contributed by atoms with Gasteiger partial charge < -0.3 is 4.74 Å². The smallest absolute Gasteiger partial charge is 0.406 e. The number of ether oxygens (including phenoxy) is 1. The molecule has 198 valence electrons. The first-order valence-corrected chi connectivity index (χ1v) is 13.2. The van der Waals surface area contributed by atoms with E-state index in [2.05, 4.69) is 51.8 Å². The Hall–Kier alpha value is -3.85. The van der Waals surface area contributed by atoms with Gasteiger partial charge >= 0.3 is 12.4 Å². The van der Waals surface area contributed by atoms with Crippen LogP contribution >= 0.6 is 34.7 Å². The summed E-state index contributed by atoms with van der Waals surface area (Å²) >= 11 is 2.97. The Morgan fingerprint density at radius 3 is 2.62 bits per heavy atom. The second-order valence-corrected chi connectivity index (χ2v) is 9.96. The SMILES string of the molecule is Cn1nc2c(ccc3cc(C=NSNC(=O)Nc4ncccc4I)ccc32)c1-c1ccc(OC(F)(F)F)cc1. The van der Waals surface area contributed by atoms with Gasteiger partial charge in [0.15, 0.2) is 0 Å². The Kier molecular flexibility index (Phi) is 7.61. The third kappa shape index (κ3) is 6.25. The summed E-state index contributed by atoms with van der Waals surface area (Å²) in [6, 6.07) is 18.5. The van der Waals surface area contributed by atoms with Crippen LogP contribution in [0.2, 0.25) is 0 Å². The number of benzene rings is 3. The first-order chi connectivity index (χ1) is 18.7. The Morgan fingerprint density at radius 1 is 1.10 bits per heavy atom. The number of alkyl halides is 3. The Balaban J connectivity index is 1.31. The summed E-state index contributed by atoms with van der Waals surface area (Å²) < 4.78 is 50.8. The molecule has 0 aliphatic rings. The third-order valence-electron chi connectivity index (χ3n) is 5.59. The zero-order valence-corrected chi connectivity index (χ0v) is 23.0. The monoisotopic (exact) mass is 662 g/mol. The Morgan fingerprint density at radius 2 is 1.87 bits per heavy atom. The molecule has 0 aliphatic heterocycles. The van der Waals surface area contributed by atoms with Gasteiger partial charge in [0.2, 0.25) is 0 Å². The van der Waals surface area contributed by atoms with Crippen LogP contribution in [0, 0.1) is 3.57 Å². The third-order valence-corrected chi connectivity index (χ3v) is 6.95. The van der Waals surface area contributed by atoms with Crippen LogP contribution in [0.15, 0.2) is 77.3 Å². The highest BCUT2D eigenvalue weighted by Gasteiger charge is 2.31. The van der Waals surface area contributed by atoms with Crippen LogP contribution in [-0.2, 0) is 7.05 Å². The lowest BCUT2D eigenvalue weighted by molar-refractivity contribution is -0.274. The van der Waals surface area contributed by atoms with Gasteiger partial charge in [0.05, 0.1) is 21.4 Å². The van der Waals surface area contributed by atoms with Crippen LogP contribution in [0.4, 0.5) is 23.8 Å². The fourth-order valence-electron chi connectivity index (χ4n) is 4.01. The van der Waals surface area contributed by atoms with E-state index in [4.69, 9.17) is 0 Å². The van der Waals surface area contributed by atoms with Gasteiger partial charge in [-0.05, 0) is 82.1 Å². The Labute approximate surface area is 238 Å². The number of carbonyl (C=O) groups excluding carboxylic acids is 1. The first kappa shape index (κ1) is 26.7.